The Bertz CT molecular complexity index is 769. The molecule has 4 heteroatoms. The molecule has 0 unspecified atom stereocenters. The second-order valence-corrected chi connectivity index (χ2v) is 7.16. The molecule has 0 bridgehead atoms. The summed E-state index contributed by atoms with van der Waals surface area (Å²) in [6, 6.07) is 12.1. The molecule has 0 fully saturated rings. The topological polar surface area (TPSA) is 12.0 Å². The molecule has 1 aliphatic carbocycles. The summed E-state index contributed by atoms with van der Waals surface area (Å²) in [5.41, 5.74) is 3.38. The van der Waals surface area contributed by atoms with Gasteiger partial charge >= 0.3 is 0 Å². The first-order valence-corrected chi connectivity index (χ1v) is 8.44. The Morgan fingerprint density at radius 3 is 2.68 bits per heavy atom. The third-order valence-electron chi connectivity index (χ3n) is 4.59. The van der Waals surface area contributed by atoms with Crippen LogP contribution in [0.25, 0.3) is 0 Å². The summed E-state index contributed by atoms with van der Waals surface area (Å²) < 4.78 is 0. The average Bonchev–Trinajstić information content (AvgIpc) is 2.94. The number of nitrogens with one attached hydrogen (secondary N) is 1. The molecule has 22 heavy (non-hydrogen) atoms. The Hall–Kier alpha value is -1.15. The van der Waals surface area contributed by atoms with Crippen LogP contribution < -0.4 is 5.32 Å². The number of halogens is 3. The molecular weight excluding hydrogens is 337 g/mol. The fraction of sp³-hybridized carbons (Fsp3) is 0.222. The van der Waals surface area contributed by atoms with Crippen molar-refractivity contribution in [3.05, 3.63) is 74.7 Å². The van der Waals surface area contributed by atoms with E-state index in [0.717, 1.165) is 27.7 Å². The standard InChI is InChI=1S/C18H14Cl3N/c19-11-4-1-3-10(7-11)18-14-6-2-5-13(14)17-15(21)8-12(20)9-16(17)22-18/h1-5,7-9,13-14,18,22H,6H2/t13-,14-,18-/m0/s1. The van der Waals surface area contributed by atoms with Crippen LogP contribution in [0.5, 0.6) is 0 Å². The highest BCUT2D eigenvalue weighted by Gasteiger charge is 2.39. The summed E-state index contributed by atoms with van der Waals surface area (Å²) in [6.07, 6.45) is 5.55. The highest BCUT2D eigenvalue weighted by atomic mass is 35.5. The highest BCUT2D eigenvalue weighted by Crippen LogP contribution is 2.52. The molecule has 2 aliphatic rings. The smallest absolute Gasteiger partial charge is 0.0554 e. The summed E-state index contributed by atoms with van der Waals surface area (Å²) in [7, 11) is 0. The number of benzene rings is 2. The number of fused-ring (bicyclic) bond motifs is 3. The normalized spacial score (nSPS) is 25.5. The third-order valence-corrected chi connectivity index (χ3v) is 5.35. The van der Waals surface area contributed by atoms with Crippen molar-refractivity contribution < 1.29 is 0 Å². The molecule has 0 aromatic heterocycles. The Kier molecular flexibility index (Phi) is 3.60. The highest BCUT2D eigenvalue weighted by molar-refractivity contribution is 6.35. The van der Waals surface area contributed by atoms with E-state index in [1.165, 1.54) is 5.56 Å². The number of allylic oxidation sites excluding steroid dienone is 2. The maximum absolute atomic E-state index is 6.45. The van der Waals surface area contributed by atoms with Gasteiger partial charge in [0.1, 0.15) is 0 Å². The minimum absolute atomic E-state index is 0.209. The molecule has 1 aliphatic heterocycles. The molecule has 2 aromatic carbocycles. The maximum Gasteiger partial charge on any atom is 0.0554 e. The zero-order valence-corrected chi connectivity index (χ0v) is 14.0. The quantitative estimate of drug-likeness (QED) is 0.581. The van der Waals surface area contributed by atoms with Crippen LogP contribution in [0, 0.1) is 5.92 Å². The van der Waals surface area contributed by atoms with Crippen LogP contribution in [-0.4, -0.2) is 0 Å². The van der Waals surface area contributed by atoms with E-state index in [-0.39, 0.29) is 6.04 Å². The van der Waals surface area contributed by atoms with E-state index in [0.29, 0.717) is 16.9 Å². The van der Waals surface area contributed by atoms with E-state index in [2.05, 4.69) is 23.5 Å². The molecule has 2 aromatic rings. The van der Waals surface area contributed by atoms with Gasteiger partial charge in [0.15, 0.2) is 0 Å². The monoisotopic (exact) mass is 349 g/mol. The van der Waals surface area contributed by atoms with Crippen LogP contribution in [0.1, 0.15) is 29.5 Å². The summed E-state index contributed by atoms with van der Waals surface area (Å²) in [5.74, 6) is 0.773. The van der Waals surface area contributed by atoms with Gasteiger partial charge in [0.2, 0.25) is 0 Å². The van der Waals surface area contributed by atoms with Crippen LogP contribution in [0.15, 0.2) is 48.6 Å². The van der Waals surface area contributed by atoms with Crippen molar-refractivity contribution in [3.63, 3.8) is 0 Å². The van der Waals surface area contributed by atoms with E-state index >= 15 is 0 Å². The van der Waals surface area contributed by atoms with Gasteiger partial charge in [-0.2, -0.15) is 0 Å². The van der Waals surface area contributed by atoms with E-state index < -0.39 is 0 Å². The van der Waals surface area contributed by atoms with Gasteiger partial charge in [-0.3, -0.25) is 0 Å². The molecule has 0 spiro atoms. The lowest BCUT2D eigenvalue weighted by molar-refractivity contribution is 0.426. The lowest BCUT2D eigenvalue weighted by Crippen LogP contribution is -2.29. The van der Waals surface area contributed by atoms with Crippen LogP contribution >= 0.6 is 34.8 Å². The van der Waals surface area contributed by atoms with Gasteiger partial charge in [-0.05, 0) is 42.2 Å². The van der Waals surface area contributed by atoms with Gasteiger partial charge in [-0.25, -0.2) is 0 Å². The van der Waals surface area contributed by atoms with Crippen molar-refractivity contribution >= 4 is 40.5 Å². The van der Waals surface area contributed by atoms with Gasteiger partial charge in [0.05, 0.1) is 6.04 Å². The minimum atomic E-state index is 0.209. The zero-order valence-electron chi connectivity index (χ0n) is 11.7. The fourth-order valence-electron chi connectivity index (χ4n) is 3.67. The van der Waals surface area contributed by atoms with E-state index in [4.69, 9.17) is 34.8 Å². The molecule has 0 amide bonds. The third kappa shape index (κ3) is 2.32. The lowest BCUT2D eigenvalue weighted by atomic mass is 9.77. The second-order valence-electron chi connectivity index (χ2n) is 5.88. The molecule has 4 rings (SSSR count). The first-order valence-electron chi connectivity index (χ1n) is 7.31. The summed E-state index contributed by atoms with van der Waals surface area (Å²) in [5, 5.41) is 5.78. The van der Waals surface area contributed by atoms with Gasteiger partial charge in [0.25, 0.3) is 0 Å². The van der Waals surface area contributed by atoms with E-state index in [1.54, 1.807) is 0 Å². The van der Waals surface area contributed by atoms with Crippen LogP contribution in [0.4, 0.5) is 5.69 Å². The first kappa shape index (κ1) is 14.4. The molecule has 1 N–H and O–H groups in total. The van der Waals surface area contributed by atoms with Crippen molar-refractivity contribution in [2.45, 2.75) is 18.4 Å². The number of anilines is 1. The van der Waals surface area contributed by atoms with Crippen molar-refractivity contribution in [2.75, 3.05) is 5.32 Å². The molecule has 3 atom stereocenters. The summed E-state index contributed by atoms with van der Waals surface area (Å²) in [4.78, 5) is 0. The number of hydrogen-bond donors (Lipinski definition) is 1. The maximum atomic E-state index is 6.45. The van der Waals surface area contributed by atoms with Crippen molar-refractivity contribution in [2.24, 2.45) is 5.92 Å². The van der Waals surface area contributed by atoms with Crippen LogP contribution in [0.3, 0.4) is 0 Å². The van der Waals surface area contributed by atoms with Gasteiger partial charge < -0.3 is 5.32 Å². The van der Waals surface area contributed by atoms with E-state index in [9.17, 15) is 0 Å². The second kappa shape index (κ2) is 5.49. The van der Waals surface area contributed by atoms with E-state index in [1.807, 2.05) is 30.3 Å². The van der Waals surface area contributed by atoms with Gasteiger partial charge in [-0.1, -0.05) is 59.1 Å². The van der Waals surface area contributed by atoms with Gasteiger partial charge in [-0.15, -0.1) is 0 Å². The van der Waals surface area contributed by atoms with Gasteiger partial charge in [0, 0.05) is 32.2 Å². The molecule has 0 saturated carbocycles. The predicted octanol–water partition coefficient (Wildman–Crippen LogP) is 6.47. The zero-order chi connectivity index (χ0) is 15.3. The summed E-state index contributed by atoms with van der Waals surface area (Å²) >= 11 is 18.8. The average molecular weight is 351 g/mol. The van der Waals surface area contributed by atoms with Crippen molar-refractivity contribution in [1.29, 1.82) is 0 Å². The summed E-state index contributed by atoms with van der Waals surface area (Å²) in [6.45, 7) is 0. The number of rotatable bonds is 1. The molecule has 1 heterocycles. The Morgan fingerprint density at radius 1 is 1.00 bits per heavy atom. The van der Waals surface area contributed by atoms with Crippen LogP contribution in [0.2, 0.25) is 15.1 Å². The molecule has 112 valence electrons. The molecule has 0 saturated heterocycles. The SMILES string of the molecule is Clc1cccc([C@@H]2Nc3cc(Cl)cc(Cl)c3[C@H]3C=CC[C@@H]32)c1. The molecular formula is C18H14Cl3N. The lowest BCUT2D eigenvalue weighted by Gasteiger charge is -2.38. The molecule has 0 radical (unpaired) electrons. The Morgan fingerprint density at radius 2 is 1.86 bits per heavy atom. The minimum Gasteiger partial charge on any atom is -0.378 e. The van der Waals surface area contributed by atoms with Crippen LogP contribution in [-0.2, 0) is 0 Å². The largest absolute Gasteiger partial charge is 0.378 e. The Balaban J connectivity index is 1.84. The Labute approximate surface area is 144 Å². The molecule has 1 nitrogen and oxygen atoms in total. The van der Waals surface area contributed by atoms with Crippen molar-refractivity contribution in [1.82, 2.24) is 0 Å². The first-order chi connectivity index (χ1) is 10.6. The van der Waals surface area contributed by atoms with Crippen molar-refractivity contribution in [3.8, 4) is 0 Å². The number of hydrogen-bond acceptors (Lipinski definition) is 1. The fourth-order valence-corrected chi connectivity index (χ4v) is 4.49. The predicted molar refractivity (Wildman–Crippen MR) is 94.3 cm³/mol.